The first-order valence-corrected chi connectivity index (χ1v) is 12.4. The van der Waals surface area contributed by atoms with Crippen molar-refractivity contribution < 1.29 is 69.7 Å². The minimum Gasteiger partial charge on any atom is -0.508 e. The molecular formula is C26H28O15. The Labute approximate surface area is 229 Å². The number of phenols is 2. The molecule has 2 aromatic carbocycles. The maximum Gasteiger partial charge on any atom is 0.229 e. The van der Waals surface area contributed by atoms with E-state index in [1.54, 1.807) is 0 Å². The van der Waals surface area contributed by atoms with Crippen LogP contribution in [0.5, 0.6) is 17.2 Å². The lowest BCUT2D eigenvalue weighted by Gasteiger charge is -2.41. The third kappa shape index (κ3) is 5.13. The van der Waals surface area contributed by atoms with Crippen LogP contribution in [-0.2, 0) is 9.47 Å². The number of hydrogen-bond acceptors (Lipinski definition) is 15. The molecule has 2 saturated heterocycles. The molecule has 2 aliphatic heterocycles. The molecule has 15 nitrogen and oxygen atoms in total. The monoisotopic (exact) mass is 580 g/mol. The summed E-state index contributed by atoms with van der Waals surface area (Å²) in [4.78, 5) is 13.2. The molecule has 2 aliphatic rings. The van der Waals surface area contributed by atoms with E-state index in [0.29, 0.717) is 5.56 Å². The molecule has 0 aliphatic carbocycles. The van der Waals surface area contributed by atoms with Crippen molar-refractivity contribution in [2.75, 3.05) is 6.61 Å². The van der Waals surface area contributed by atoms with Crippen molar-refractivity contribution in [2.24, 2.45) is 0 Å². The number of hydrogen-bond donors (Lipinski definition) is 10. The summed E-state index contributed by atoms with van der Waals surface area (Å²) >= 11 is 0. The fourth-order valence-electron chi connectivity index (χ4n) is 4.82. The van der Waals surface area contributed by atoms with E-state index in [9.17, 15) is 55.9 Å². The molecule has 5 rings (SSSR count). The third-order valence-electron chi connectivity index (χ3n) is 7.11. The smallest absolute Gasteiger partial charge is 0.229 e. The van der Waals surface area contributed by atoms with Gasteiger partial charge in [-0.05, 0) is 24.3 Å². The van der Waals surface area contributed by atoms with Gasteiger partial charge in [0, 0.05) is 17.7 Å². The van der Waals surface area contributed by atoms with E-state index >= 15 is 0 Å². The van der Waals surface area contributed by atoms with E-state index in [0.717, 1.165) is 12.1 Å². The maximum absolute atomic E-state index is 13.2. The third-order valence-corrected chi connectivity index (χ3v) is 7.11. The van der Waals surface area contributed by atoms with Crippen LogP contribution in [0.3, 0.4) is 0 Å². The second-order valence-electron chi connectivity index (χ2n) is 9.77. The van der Waals surface area contributed by atoms with Crippen LogP contribution in [0.25, 0.3) is 22.3 Å². The Morgan fingerprint density at radius 1 is 0.780 bits per heavy atom. The van der Waals surface area contributed by atoms with Crippen molar-refractivity contribution in [3.05, 3.63) is 52.2 Å². The Morgan fingerprint density at radius 2 is 1.44 bits per heavy atom. The van der Waals surface area contributed by atoms with Gasteiger partial charge in [-0.2, -0.15) is 0 Å². The largest absolute Gasteiger partial charge is 0.508 e. The van der Waals surface area contributed by atoms with Gasteiger partial charge in [0.1, 0.15) is 82.8 Å². The highest BCUT2D eigenvalue weighted by atomic mass is 16.7. The zero-order valence-corrected chi connectivity index (χ0v) is 21.0. The zero-order valence-electron chi connectivity index (χ0n) is 21.0. The van der Waals surface area contributed by atoms with Crippen molar-refractivity contribution in [2.45, 2.75) is 61.4 Å². The Balaban J connectivity index is 1.68. The lowest BCUT2D eigenvalue weighted by Crippen LogP contribution is -2.60. The van der Waals surface area contributed by atoms with Gasteiger partial charge in [-0.25, -0.2) is 0 Å². The molecule has 0 unspecified atom stereocenters. The second-order valence-corrected chi connectivity index (χ2v) is 9.77. The summed E-state index contributed by atoms with van der Waals surface area (Å²) in [6.45, 7) is -0.785. The van der Waals surface area contributed by atoms with E-state index in [1.165, 1.54) is 24.3 Å². The molecule has 41 heavy (non-hydrogen) atoms. The van der Waals surface area contributed by atoms with Crippen molar-refractivity contribution in [3.8, 4) is 28.6 Å². The van der Waals surface area contributed by atoms with Gasteiger partial charge < -0.3 is 69.7 Å². The summed E-state index contributed by atoms with van der Waals surface area (Å²) in [5.41, 5.74) is -1.23. The minimum atomic E-state index is -2.05. The molecule has 0 amide bonds. The SMILES string of the molecule is O=c1cc(-c2ccc(O)cc2)oc2cc(O[C@@H]3O[C@H](CO)[C@@H](O)[C@H](O)[C@H]3O)c([C@@H]3O[C@H](O)[C@@H](O)[C@H](O)[C@H]3O)c(O)c12. The molecule has 10 atom stereocenters. The highest BCUT2D eigenvalue weighted by Gasteiger charge is 2.48. The van der Waals surface area contributed by atoms with Gasteiger partial charge in [-0.3, -0.25) is 4.79 Å². The van der Waals surface area contributed by atoms with Crippen LogP contribution in [0.1, 0.15) is 11.7 Å². The summed E-state index contributed by atoms with van der Waals surface area (Å²) in [7, 11) is 0. The van der Waals surface area contributed by atoms with Crippen LogP contribution in [0, 0.1) is 0 Å². The average Bonchev–Trinajstić information content (AvgIpc) is 2.94. The van der Waals surface area contributed by atoms with Crippen LogP contribution in [0.15, 0.2) is 45.6 Å². The van der Waals surface area contributed by atoms with E-state index in [2.05, 4.69) is 0 Å². The number of rotatable bonds is 5. The first-order valence-electron chi connectivity index (χ1n) is 12.4. The summed E-state index contributed by atoms with van der Waals surface area (Å²) in [6.07, 6.45) is -18.5. The van der Waals surface area contributed by atoms with Crippen molar-refractivity contribution in [3.63, 3.8) is 0 Å². The molecule has 0 bridgehead atoms. The van der Waals surface area contributed by atoms with E-state index in [4.69, 9.17) is 18.6 Å². The maximum atomic E-state index is 13.2. The molecule has 222 valence electrons. The number of ether oxygens (including phenoxy) is 3. The number of aromatic hydroxyl groups is 2. The molecule has 1 aromatic heterocycles. The quantitative estimate of drug-likeness (QED) is 0.150. The lowest BCUT2D eigenvalue weighted by atomic mass is 9.91. The highest BCUT2D eigenvalue weighted by Crippen LogP contribution is 2.45. The normalized spacial score (nSPS) is 34.0. The fourth-order valence-corrected chi connectivity index (χ4v) is 4.82. The topological polar surface area (TPSA) is 260 Å². The second kappa shape index (κ2) is 11.1. The average molecular weight is 580 g/mol. The summed E-state index contributed by atoms with van der Waals surface area (Å²) in [5, 5.41) is 102. The Bertz CT molecular complexity index is 1450. The van der Waals surface area contributed by atoms with E-state index in [-0.39, 0.29) is 17.1 Å². The molecule has 0 radical (unpaired) electrons. The molecule has 15 heteroatoms. The van der Waals surface area contributed by atoms with Crippen LogP contribution < -0.4 is 10.2 Å². The van der Waals surface area contributed by atoms with Gasteiger partial charge in [0.25, 0.3) is 0 Å². The predicted molar refractivity (Wildman–Crippen MR) is 133 cm³/mol. The Morgan fingerprint density at radius 3 is 2.10 bits per heavy atom. The first kappa shape index (κ1) is 29.2. The number of fused-ring (bicyclic) bond motifs is 1. The number of benzene rings is 2. The molecule has 3 heterocycles. The Hall–Kier alpha value is -3.35. The number of aliphatic hydroxyl groups is 8. The first-order chi connectivity index (χ1) is 19.4. The van der Waals surface area contributed by atoms with Gasteiger partial charge >= 0.3 is 0 Å². The van der Waals surface area contributed by atoms with E-state index < -0.39 is 95.9 Å². The fraction of sp³-hybridized carbons (Fsp3) is 0.423. The van der Waals surface area contributed by atoms with Gasteiger partial charge in [0.05, 0.1) is 12.2 Å². The Kier molecular flexibility index (Phi) is 7.92. The zero-order chi connectivity index (χ0) is 29.7. The lowest BCUT2D eigenvalue weighted by molar-refractivity contribution is -0.287. The van der Waals surface area contributed by atoms with E-state index in [1.807, 2.05) is 0 Å². The molecule has 0 saturated carbocycles. The number of aliphatic hydroxyl groups excluding tert-OH is 8. The van der Waals surface area contributed by atoms with Crippen molar-refractivity contribution in [1.82, 2.24) is 0 Å². The highest BCUT2D eigenvalue weighted by molar-refractivity contribution is 5.88. The summed E-state index contributed by atoms with van der Waals surface area (Å²) in [6, 6.07) is 7.71. The van der Waals surface area contributed by atoms with Gasteiger partial charge in [0.2, 0.25) is 6.29 Å². The minimum absolute atomic E-state index is 0.0105. The van der Waals surface area contributed by atoms with Gasteiger partial charge in [-0.15, -0.1) is 0 Å². The number of phenolic OH excluding ortho intramolecular Hbond substituents is 2. The van der Waals surface area contributed by atoms with Crippen LogP contribution in [0.4, 0.5) is 0 Å². The van der Waals surface area contributed by atoms with Crippen molar-refractivity contribution >= 4 is 11.0 Å². The summed E-state index contributed by atoms with van der Waals surface area (Å²) in [5.74, 6) is -1.41. The van der Waals surface area contributed by atoms with Crippen LogP contribution in [0.2, 0.25) is 0 Å². The van der Waals surface area contributed by atoms with Gasteiger partial charge in [0.15, 0.2) is 11.7 Å². The standard InChI is InChI=1S/C26H28O15/c27-7-14-17(30)19(32)23(36)26(40-14)39-13-6-12-15(10(29)5-11(38-12)8-1-3-9(28)4-2-8)18(31)16(13)24-21(34)20(33)22(35)25(37)41-24/h1-6,14,17,19-28,30-37H,7H2/t14-,17-,19+,20-,21-,22+,23-,24+,25+,26-/m1/s1. The summed E-state index contributed by atoms with van der Waals surface area (Å²) < 4.78 is 22.1. The van der Waals surface area contributed by atoms with Crippen LogP contribution in [-0.4, -0.2) is 113 Å². The molecule has 2 fully saturated rings. The molecular weight excluding hydrogens is 552 g/mol. The predicted octanol–water partition coefficient (Wildman–Crippen LogP) is -2.48. The van der Waals surface area contributed by atoms with Crippen LogP contribution >= 0.6 is 0 Å². The molecule has 10 N–H and O–H groups in total. The van der Waals surface area contributed by atoms with Gasteiger partial charge in [-0.1, -0.05) is 0 Å². The van der Waals surface area contributed by atoms with Crippen molar-refractivity contribution in [1.29, 1.82) is 0 Å². The molecule has 0 spiro atoms. The molecule has 3 aromatic rings.